The monoisotopic (exact) mass is 384 g/mol. The highest BCUT2D eigenvalue weighted by atomic mass is 16.4. The molecule has 1 aliphatic heterocycles. The van der Waals surface area contributed by atoms with E-state index in [-0.39, 0.29) is 18.4 Å². The highest BCUT2D eigenvalue weighted by Crippen LogP contribution is 2.21. The number of oxazole rings is 1. The summed E-state index contributed by atoms with van der Waals surface area (Å²) in [4.78, 5) is 26.6. The van der Waals surface area contributed by atoms with Gasteiger partial charge in [-0.1, -0.05) is 26.0 Å². The second-order valence-electron chi connectivity index (χ2n) is 7.81. The van der Waals surface area contributed by atoms with Crippen LogP contribution in [0.4, 0.5) is 0 Å². The number of benzene rings is 1. The molecule has 0 spiro atoms. The van der Waals surface area contributed by atoms with Gasteiger partial charge in [0.1, 0.15) is 6.54 Å². The van der Waals surface area contributed by atoms with Crippen molar-refractivity contribution < 1.29 is 13.6 Å². The Balaban J connectivity index is 1.37. The Morgan fingerprint density at radius 3 is 2.82 bits per heavy atom. The van der Waals surface area contributed by atoms with Crippen molar-refractivity contribution >= 4 is 17.0 Å². The van der Waals surface area contributed by atoms with Crippen molar-refractivity contribution in [3.8, 4) is 0 Å². The third-order valence-electron chi connectivity index (χ3n) is 5.06. The SMILES string of the molecule is CC(C)Cc1nnc(CC2CCN(C(=O)Cn3c(=O)oc4ccccc43)C2)o1. The van der Waals surface area contributed by atoms with E-state index in [9.17, 15) is 9.59 Å². The summed E-state index contributed by atoms with van der Waals surface area (Å²) >= 11 is 0. The lowest BCUT2D eigenvalue weighted by Crippen LogP contribution is -2.34. The maximum Gasteiger partial charge on any atom is 0.420 e. The molecule has 2 aromatic heterocycles. The van der Waals surface area contributed by atoms with Gasteiger partial charge in [0.05, 0.1) is 5.52 Å². The first kappa shape index (κ1) is 18.5. The Kier molecular flexibility index (Phi) is 5.02. The molecule has 4 rings (SSSR count). The smallest absolute Gasteiger partial charge is 0.420 e. The van der Waals surface area contributed by atoms with Crippen LogP contribution in [0.15, 0.2) is 37.9 Å². The summed E-state index contributed by atoms with van der Waals surface area (Å²) in [7, 11) is 0. The molecular weight excluding hydrogens is 360 g/mol. The molecular formula is C20H24N4O4. The maximum atomic E-state index is 12.7. The molecule has 1 amide bonds. The van der Waals surface area contributed by atoms with E-state index in [1.165, 1.54) is 4.57 Å². The van der Waals surface area contributed by atoms with E-state index in [0.29, 0.717) is 48.3 Å². The minimum absolute atomic E-state index is 0.0122. The fraction of sp³-hybridized carbons (Fsp3) is 0.500. The minimum Gasteiger partial charge on any atom is -0.425 e. The Hall–Kier alpha value is -2.90. The average Bonchev–Trinajstić information content (AvgIpc) is 3.36. The number of hydrogen-bond donors (Lipinski definition) is 0. The van der Waals surface area contributed by atoms with E-state index < -0.39 is 5.76 Å². The molecule has 1 aromatic carbocycles. The fourth-order valence-electron chi connectivity index (χ4n) is 3.67. The lowest BCUT2D eigenvalue weighted by Gasteiger charge is -2.16. The first-order chi connectivity index (χ1) is 13.5. The minimum atomic E-state index is -0.506. The Morgan fingerprint density at radius 2 is 2.00 bits per heavy atom. The normalized spacial score (nSPS) is 17.1. The van der Waals surface area contributed by atoms with E-state index in [2.05, 4.69) is 24.0 Å². The number of hydrogen-bond acceptors (Lipinski definition) is 6. The van der Waals surface area contributed by atoms with Crippen LogP contribution in [0.1, 0.15) is 32.0 Å². The van der Waals surface area contributed by atoms with Gasteiger partial charge in [0.2, 0.25) is 17.7 Å². The van der Waals surface area contributed by atoms with E-state index in [1.807, 2.05) is 6.07 Å². The third-order valence-corrected chi connectivity index (χ3v) is 5.06. The van der Waals surface area contributed by atoms with Gasteiger partial charge in [0.25, 0.3) is 0 Å². The van der Waals surface area contributed by atoms with Gasteiger partial charge in [-0.3, -0.25) is 9.36 Å². The Morgan fingerprint density at radius 1 is 1.21 bits per heavy atom. The lowest BCUT2D eigenvalue weighted by molar-refractivity contribution is -0.130. The molecule has 1 atom stereocenters. The molecule has 1 fully saturated rings. The van der Waals surface area contributed by atoms with Crippen LogP contribution in [-0.2, 0) is 24.2 Å². The number of rotatable bonds is 6. The molecule has 1 aliphatic rings. The van der Waals surface area contributed by atoms with Crippen molar-refractivity contribution in [1.29, 1.82) is 0 Å². The molecule has 3 aromatic rings. The number of aromatic nitrogens is 3. The van der Waals surface area contributed by atoms with Gasteiger partial charge in [-0.05, 0) is 30.4 Å². The molecule has 0 saturated carbocycles. The van der Waals surface area contributed by atoms with Crippen LogP contribution < -0.4 is 5.76 Å². The van der Waals surface area contributed by atoms with Crippen molar-refractivity contribution in [3.05, 3.63) is 46.6 Å². The summed E-state index contributed by atoms with van der Waals surface area (Å²) in [6.07, 6.45) is 2.33. The van der Waals surface area contributed by atoms with Gasteiger partial charge in [0.15, 0.2) is 5.58 Å². The second kappa shape index (κ2) is 7.61. The zero-order valence-corrected chi connectivity index (χ0v) is 16.1. The van der Waals surface area contributed by atoms with Crippen LogP contribution in [0.5, 0.6) is 0 Å². The summed E-state index contributed by atoms with van der Waals surface area (Å²) in [5, 5.41) is 8.23. The molecule has 0 N–H and O–H groups in total. The van der Waals surface area contributed by atoms with Gasteiger partial charge in [0, 0.05) is 25.9 Å². The number of amides is 1. The van der Waals surface area contributed by atoms with Crippen LogP contribution in [-0.4, -0.2) is 38.7 Å². The van der Waals surface area contributed by atoms with Gasteiger partial charge < -0.3 is 13.7 Å². The Labute approximate surface area is 162 Å². The lowest BCUT2D eigenvalue weighted by atomic mass is 10.1. The van der Waals surface area contributed by atoms with E-state index >= 15 is 0 Å². The molecule has 1 unspecified atom stereocenters. The molecule has 8 nitrogen and oxygen atoms in total. The molecule has 8 heteroatoms. The van der Waals surface area contributed by atoms with Gasteiger partial charge in [-0.25, -0.2) is 4.79 Å². The van der Waals surface area contributed by atoms with Crippen LogP contribution in [0, 0.1) is 11.8 Å². The van der Waals surface area contributed by atoms with Crippen molar-refractivity contribution in [2.75, 3.05) is 13.1 Å². The summed E-state index contributed by atoms with van der Waals surface area (Å²) < 4.78 is 12.3. The molecule has 148 valence electrons. The number of fused-ring (bicyclic) bond motifs is 1. The van der Waals surface area contributed by atoms with Crippen molar-refractivity contribution in [3.63, 3.8) is 0 Å². The Bertz CT molecular complexity index is 1030. The summed E-state index contributed by atoms with van der Waals surface area (Å²) in [5.41, 5.74) is 1.13. The topological polar surface area (TPSA) is 94.4 Å². The fourth-order valence-corrected chi connectivity index (χ4v) is 3.67. The van der Waals surface area contributed by atoms with Crippen molar-refractivity contribution in [2.24, 2.45) is 11.8 Å². The molecule has 1 saturated heterocycles. The first-order valence-electron chi connectivity index (χ1n) is 9.67. The first-order valence-corrected chi connectivity index (χ1v) is 9.67. The largest absolute Gasteiger partial charge is 0.425 e. The summed E-state index contributed by atoms with van der Waals surface area (Å²) in [6.45, 7) is 5.51. The number of carbonyl (C=O) groups is 1. The number of nitrogens with zero attached hydrogens (tertiary/aromatic N) is 4. The highest BCUT2D eigenvalue weighted by Gasteiger charge is 2.28. The predicted molar refractivity (Wildman–Crippen MR) is 102 cm³/mol. The molecule has 0 aliphatic carbocycles. The quantitative estimate of drug-likeness (QED) is 0.647. The zero-order chi connectivity index (χ0) is 19.7. The zero-order valence-electron chi connectivity index (χ0n) is 16.1. The van der Waals surface area contributed by atoms with Crippen LogP contribution in [0.3, 0.4) is 0 Å². The second-order valence-corrected chi connectivity index (χ2v) is 7.81. The van der Waals surface area contributed by atoms with Gasteiger partial charge in [-0.15, -0.1) is 10.2 Å². The average molecular weight is 384 g/mol. The number of carbonyl (C=O) groups excluding carboxylic acids is 1. The maximum absolute atomic E-state index is 12.7. The van der Waals surface area contributed by atoms with Crippen molar-refractivity contribution in [1.82, 2.24) is 19.7 Å². The predicted octanol–water partition coefficient (Wildman–Crippen LogP) is 2.27. The van der Waals surface area contributed by atoms with Crippen LogP contribution in [0.25, 0.3) is 11.1 Å². The number of likely N-dealkylation sites (tertiary alicyclic amines) is 1. The van der Waals surface area contributed by atoms with Crippen molar-refractivity contribution in [2.45, 2.75) is 39.7 Å². The summed E-state index contributed by atoms with van der Waals surface area (Å²) in [5.74, 6) is 1.47. The standard InChI is InChI=1S/C20H24N4O4/c1-13(2)9-17-21-22-18(28-17)10-14-7-8-23(11-14)19(25)12-24-15-5-3-4-6-16(15)27-20(24)26/h3-6,13-14H,7-12H2,1-2H3. The third kappa shape index (κ3) is 3.85. The van der Waals surface area contributed by atoms with Crippen LogP contribution in [0.2, 0.25) is 0 Å². The van der Waals surface area contributed by atoms with Gasteiger partial charge in [-0.2, -0.15) is 0 Å². The van der Waals surface area contributed by atoms with Crippen LogP contribution >= 0.6 is 0 Å². The highest BCUT2D eigenvalue weighted by molar-refractivity contribution is 5.79. The molecule has 0 bridgehead atoms. The number of para-hydroxylation sites is 2. The molecule has 0 radical (unpaired) electrons. The molecule has 28 heavy (non-hydrogen) atoms. The summed E-state index contributed by atoms with van der Waals surface area (Å²) in [6, 6.07) is 7.13. The van der Waals surface area contributed by atoms with E-state index in [1.54, 1.807) is 23.1 Å². The molecule has 3 heterocycles. The van der Waals surface area contributed by atoms with E-state index in [0.717, 1.165) is 12.8 Å². The van der Waals surface area contributed by atoms with Gasteiger partial charge >= 0.3 is 5.76 Å². The van der Waals surface area contributed by atoms with E-state index in [4.69, 9.17) is 8.83 Å².